The zero-order valence-electron chi connectivity index (χ0n) is 11.6. The van der Waals surface area contributed by atoms with Gasteiger partial charge in [0.25, 0.3) is 0 Å². The van der Waals surface area contributed by atoms with Crippen LogP contribution in [0.25, 0.3) is 0 Å². The SMILES string of the molecule is Cc1ccc(C)c(CC(N)c2cn(C)nc2C)c1. The maximum Gasteiger partial charge on any atom is 0.0641 e. The third kappa shape index (κ3) is 2.62. The van der Waals surface area contributed by atoms with Crippen LogP contribution < -0.4 is 5.73 Å². The molecule has 96 valence electrons. The van der Waals surface area contributed by atoms with Crippen LogP contribution in [0.15, 0.2) is 24.4 Å². The summed E-state index contributed by atoms with van der Waals surface area (Å²) < 4.78 is 1.83. The molecular formula is C15H21N3. The van der Waals surface area contributed by atoms with Crippen LogP contribution in [0.2, 0.25) is 0 Å². The van der Waals surface area contributed by atoms with Gasteiger partial charge in [0, 0.05) is 24.8 Å². The standard InChI is InChI=1S/C15H21N3/c1-10-5-6-11(2)13(7-10)8-15(16)14-9-18(4)17-12(14)3/h5-7,9,15H,8,16H2,1-4H3. The third-order valence-electron chi connectivity index (χ3n) is 3.40. The zero-order valence-corrected chi connectivity index (χ0v) is 11.6. The second-order valence-corrected chi connectivity index (χ2v) is 5.08. The molecule has 0 aliphatic rings. The van der Waals surface area contributed by atoms with E-state index in [0.717, 1.165) is 17.7 Å². The minimum Gasteiger partial charge on any atom is -0.324 e. The Bertz CT molecular complexity index is 555. The summed E-state index contributed by atoms with van der Waals surface area (Å²) >= 11 is 0. The molecule has 0 bridgehead atoms. The Morgan fingerprint density at radius 1 is 1.28 bits per heavy atom. The summed E-state index contributed by atoms with van der Waals surface area (Å²) in [6.45, 7) is 6.26. The summed E-state index contributed by atoms with van der Waals surface area (Å²) in [5, 5.41) is 4.35. The molecule has 2 rings (SSSR count). The fourth-order valence-corrected chi connectivity index (χ4v) is 2.35. The minimum atomic E-state index is 0.0131. The third-order valence-corrected chi connectivity index (χ3v) is 3.40. The molecule has 0 radical (unpaired) electrons. The van der Waals surface area contributed by atoms with Gasteiger partial charge in [-0.25, -0.2) is 0 Å². The molecule has 1 aromatic carbocycles. The molecular weight excluding hydrogens is 222 g/mol. The second kappa shape index (κ2) is 4.94. The van der Waals surface area contributed by atoms with Crippen LogP contribution in [0, 0.1) is 20.8 Å². The van der Waals surface area contributed by atoms with E-state index in [0.29, 0.717) is 0 Å². The number of nitrogens with two attached hydrogens (primary N) is 1. The molecule has 0 spiro atoms. The molecule has 2 aromatic rings. The zero-order chi connectivity index (χ0) is 13.3. The summed E-state index contributed by atoms with van der Waals surface area (Å²) in [6.07, 6.45) is 2.88. The average Bonchev–Trinajstić information content (AvgIpc) is 2.63. The minimum absolute atomic E-state index is 0.0131. The second-order valence-electron chi connectivity index (χ2n) is 5.08. The Hall–Kier alpha value is -1.61. The van der Waals surface area contributed by atoms with E-state index in [1.54, 1.807) is 0 Å². The number of rotatable bonds is 3. The molecule has 0 fully saturated rings. The Labute approximate surface area is 109 Å². The number of nitrogens with zero attached hydrogens (tertiary/aromatic N) is 2. The molecule has 0 saturated carbocycles. The monoisotopic (exact) mass is 243 g/mol. The van der Waals surface area contributed by atoms with Crippen molar-refractivity contribution in [2.45, 2.75) is 33.2 Å². The first-order chi connectivity index (χ1) is 8.47. The fraction of sp³-hybridized carbons (Fsp3) is 0.400. The summed E-state index contributed by atoms with van der Waals surface area (Å²) in [4.78, 5) is 0. The molecule has 3 nitrogen and oxygen atoms in total. The first-order valence-corrected chi connectivity index (χ1v) is 6.29. The number of aryl methyl sites for hydroxylation is 4. The van der Waals surface area contributed by atoms with Gasteiger partial charge in [0.15, 0.2) is 0 Å². The lowest BCUT2D eigenvalue weighted by Crippen LogP contribution is -2.14. The van der Waals surface area contributed by atoms with E-state index >= 15 is 0 Å². The van der Waals surface area contributed by atoms with Crippen LogP contribution in [-0.4, -0.2) is 9.78 Å². The topological polar surface area (TPSA) is 43.8 Å². The Morgan fingerprint density at radius 2 is 2.00 bits per heavy atom. The van der Waals surface area contributed by atoms with Crippen molar-refractivity contribution in [1.29, 1.82) is 0 Å². The van der Waals surface area contributed by atoms with E-state index in [1.807, 2.05) is 24.9 Å². The largest absolute Gasteiger partial charge is 0.324 e. The van der Waals surface area contributed by atoms with Gasteiger partial charge in [0.1, 0.15) is 0 Å². The van der Waals surface area contributed by atoms with Crippen molar-refractivity contribution in [2.75, 3.05) is 0 Å². The van der Waals surface area contributed by atoms with Gasteiger partial charge in [0.2, 0.25) is 0 Å². The Morgan fingerprint density at radius 3 is 2.61 bits per heavy atom. The summed E-state index contributed by atoms with van der Waals surface area (Å²) in [6, 6.07) is 6.54. The molecule has 0 saturated heterocycles. The van der Waals surface area contributed by atoms with Gasteiger partial charge in [-0.1, -0.05) is 23.8 Å². The van der Waals surface area contributed by atoms with Gasteiger partial charge >= 0.3 is 0 Å². The van der Waals surface area contributed by atoms with E-state index in [2.05, 4.69) is 37.1 Å². The number of hydrogen-bond acceptors (Lipinski definition) is 2. The average molecular weight is 243 g/mol. The van der Waals surface area contributed by atoms with Crippen molar-refractivity contribution in [2.24, 2.45) is 12.8 Å². The maximum absolute atomic E-state index is 6.31. The molecule has 0 amide bonds. The van der Waals surface area contributed by atoms with Crippen molar-refractivity contribution in [1.82, 2.24) is 9.78 Å². The summed E-state index contributed by atoms with van der Waals surface area (Å²) in [5.41, 5.74) is 12.4. The van der Waals surface area contributed by atoms with Crippen molar-refractivity contribution in [3.63, 3.8) is 0 Å². The van der Waals surface area contributed by atoms with E-state index in [-0.39, 0.29) is 6.04 Å². The normalized spacial score (nSPS) is 12.7. The van der Waals surface area contributed by atoms with Crippen molar-refractivity contribution in [3.05, 3.63) is 52.3 Å². The molecule has 0 aliphatic heterocycles. The van der Waals surface area contributed by atoms with Gasteiger partial charge in [-0.2, -0.15) is 5.10 Å². The van der Waals surface area contributed by atoms with Gasteiger partial charge in [0.05, 0.1) is 5.69 Å². The Kier molecular flexibility index (Phi) is 3.53. The molecule has 0 aliphatic carbocycles. The van der Waals surface area contributed by atoms with Crippen LogP contribution >= 0.6 is 0 Å². The van der Waals surface area contributed by atoms with E-state index in [1.165, 1.54) is 16.7 Å². The quantitative estimate of drug-likeness (QED) is 0.900. The predicted molar refractivity (Wildman–Crippen MR) is 74.5 cm³/mol. The lowest BCUT2D eigenvalue weighted by molar-refractivity contribution is 0.711. The first-order valence-electron chi connectivity index (χ1n) is 6.29. The van der Waals surface area contributed by atoms with Crippen LogP contribution in [0.1, 0.15) is 34.0 Å². The van der Waals surface area contributed by atoms with Crippen molar-refractivity contribution >= 4 is 0 Å². The molecule has 3 heteroatoms. The number of hydrogen-bond donors (Lipinski definition) is 1. The fourth-order valence-electron chi connectivity index (χ4n) is 2.35. The lowest BCUT2D eigenvalue weighted by atomic mass is 9.96. The molecule has 18 heavy (non-hydrogen) atoms. The number of benzene rings is 1. The summed E-state index contributed by atoms with van der Waals surface area (Å²) in [7, 11) is 1.93. The van der Waals surface area contributed by atoms with Crippen LogP contribution in [-0.2, 0) is 13.5 Å². The molecule has 1 unspecified atom stereocenters. The van der Waals surface area contributed by atoms with Crippen molar-refractivity contribution < 1.29 is 0 Å². The molecule has 1 heterocycles. The highest BCUT2D eigenvalue weighted by atomic mass is 15.2. The van der Waals surface area contributed by atoms with Crippen molar-refractivity contribution in [3.8, 4) is 0 Å². The van der Waals surface area contributed by atoms with E-state index in [4.69, 9.17) is 5.73 Å². The highest BCUT2D eigenvalue weighted by Crippen LogP contribution is 2.21. The van der Waals surface area contributed by atoms with Crippen LogP contribution in [0.5, 0.6) is 0 Å². The Balaban J connectivity index is 2.23. The molecule has 1 atom stereocenters. The highest BCUT2D eigenvalue weighted by Gasteiger charge is 2.13. The first kappa shape index (κ1) is 12.8. The van der Waals surface area contributed by atoms with Crippen LogP contribution in [0.4, 0.5) is 0 Å². The highest BCUT2D eigenvalue weighted by molar-refractivity contribution is 5.33. The number of aromatic nitrogens is 2. The predicted octanol–water partition coefficient (Wildman–Crippen LogP) is 2.59. The molecule has 2 N–H and O–H groups in total. The van der Waals surface area contributed by atoms with Crippen LogP contribution in [0.3, 0.4) is 0 Å². The summed E-state index contributed by atoms with van der Waals surface area (Å²) in [5.74, 6) is 0. The lowest BCUT2D eigenvalue weighted by Gasteiger charge is -2.13. The van der Waals surface area contributed by atoms with E-state index in [9.17, 15) is 0 Å². The maximum atomic E-state index is 6.31. The molecule has 1 aromatic heterocycles. The van der Waals surface area contributed by atoms with Gasteiger partial charge in [-0.3, -0.25) is 4.68 Å². The smallest absolute Gasteiger partial charge is 0.0641 e. The van der Waals surface area contributed by atoms with E-state index < -0.39 is 0 Å². The van der Waals surface area contributed by atoms with Gasteiger partial charge < -0.3 is 5.73 Å². The van der Waals surface area contributed by atoms with Gasteiger partial charge in [-0.05, 0) is 38.3 Å². The van der Waals surface area contributed by atoms with Gasteiger partial charge in [-0.15, -0.1) is 0 Å².